The summed E-state index contributed by atoms with van der Waals surface area (Å²) in [5.74, 6) is 0.375. The molecule has 0 aliphatic carbocycles. The van der Waals surface area contributed by atoms with E-state index in [1.54, 1.807) is 49.1 Å². The fourth-order valence-corrected chi connectivity index (χ4v) is 3.54. The minimum Gasteiger partial charge on any atom is -0.504 e. The Morgan fingerprint density at radius 3 is 2.66 bits per heavy atom. The molecule has 0 fully saturated rings. The molecule has 0 bridgehead atoms. The number of aromatic nitrogens is 4. The van der Waals surface area contributed by atoms with Crippen LogP contribution in [0.3, 0.4) is 0 Å². The summed E-state index contributed by atoms with van der Waals surface area (Å²) in [7, 11) is 5.42. The molecule has 160 valence electrons. The van der Waals surface area contributed by atoms with Crippen molar-refractivity contribution < 1.29 is 5.11 Å². The Balaban J connectivity index is 1.74. The molecule has 3 heterocycles. The average Bonchev–Trinajstić information content (AvgIpc) is 3.36. The summed E-state index contributed by atoms with van der Waals surface area (Å²) in [5.41, 5.74) is 2.69. The highest BCUT2D eigenvalue weighted by Gasteiger charge is 2.16. The van der Waals surface area contributed by atoms with Gasteiger partial charge in [0.1, 0.15) is 11.8 Å². The smallest absolute Gasteiger partial charge is 0.175 e. The molecule has 11 nitrogen and oxygen atoms in total. The van der Waals surface area contributed by atoms with Crippen molar-refractivity contribution in [3.05, 3.63) is 41.7 Å². The summed E-state index contributed by atoms with van der Waals surface area (Å²) in [6, 6.07) is 8.93. The van der Waals surface area contributed by atoms with E-state index in [0.717, 1.165) is 11.5 Å². The normalized spacial score (nSPS) is 11.6. The monoisotopic (exact) mass is 446 g/mol. The topological polar surface area (TPSA) is 140 Å². The minimum atomic E-state index is -0.161. The lowest BCUT2D eigenvalue weighted by Crippen LogP contribution is -2.08. The molecule has 4 rings (SSSR count). The molecule has 0 aliphatic rings. The first kappa shape index (κ1) is 21.0. The Labute approximate surface area is 187 Å². The molecule has 1 aromatic carbocycles. The average molecular weight is 447 g/mol. The second-order valence-electron chi connectivity index (χ2n) is 7.00. The fourth-order valence-electron chi connectivity index (χ4n) is 2.90. The van der Waals surface area contributed by atoms with Crippen molar-refractivity contribution in [2.24, 2.45) is 27.5 Å². The maximum Gasteiger partial charge on any atom is 0.175 e. The number of benzene rings is 1. The third-order valence-corrected chi connectivity index (χ3v) is 5.39. The van der Waals surface area contributed by atoms with Crippen molar-refractivity contribution in [1.82, 2.24) is 19.1 Å². The number of fused-ring (bicyclic) bond motifs is 1. The van der Waals surface area contributed by atoms with Gasteiger partial charge < -0.3 is 10.0 Å². The van der Waals surface area contributed by atoms with E-state index in [2.05, 4.69) is 41.0 Å². The zero-order valence-corrected chi connectivity index (χ0v) is 18.5. The van der Waals surface area contributed by atoms with Crippen LogP contribution in [-0.4, -0.2) is 38.3 Å². The highest BCUT2D eigenvalue weighted by Crippen LogP contribution is 2.44. The van der Waals surface area contributed by atoms with Crippen LogP contribution in [0, 0.1) is 18.3 Å². The SMILES string of the molecule is Cc1nc2nsc(N=Nc3ccc(N(C)C)c(N=Nc4ccnn4C)c3O)c2cc1C#N. The van der Waals surface area contributed by atoms with E-state index < -0.39 is 0 Å². The van der Waals surface area contributed by atoms with Crippen LogP contribution in [0.25, 0.3) is 11.0 Å². The molecule has 0 atom stereocenters. The summed E-state index contributed by atoms with van der Waals surface area (Å²) in [5, 5.41) is 42.1. The van der Waals surface area contributed by atoms with Crippen LogP contribution < -0.4 is 4.90 Å². The van der Waals surface area contributed by atoms with Gasteiger partial charge in [0, 0.05) is 27.2 Å². The third-order valence-electron chi connectivity index (χ3n) is 4.65. The van der Waals surface area contributed by atoms with E-state index in [-0.39, 0.29) is 17.1 Å². The maximum atomic E-state index is 10.9. The van der Waals surface area contributed by atoms with E-state index in [1.807, 2.05) is 19.0 Å². The van der Waals surface area contributed by atoms with Gasteiger partial charge in [-0.15, -0.1) is 20.5 Å². The maximum absolute atomic E-state index is 10.9. The van der Waals surface area contributed by atoms with Gasteiger partial charge in [-0.3, -0.25) is 0 Å². The third kappa shape index (κ3) is 3.88. The van der Waals surface area contributed by atoms with Crippen LogP contribution in [0.2, 0.25) is 0 Å². The van der Waals surface area contributed by atoms with Gasteiger partial charge >= 0.3 is 0 Å². The first-order chi connectivity index (χ1) is 15.4. The lowest BCUT2D eigenvalue weighted by molar-refractivity contribution is 0.477. The van der Waals surface area contributed by atoms with Gasteiger partial charge in [-0.1, -0.05) is 0 Å². The molecule has 3 aromatic heterocycles. The summed E-state index contributed by atoms with van der Waals surface area (Å²) < 4.78 is 5.84. The zero-order valence-electron chi connectivity index (χ0n) is 17.7. The second kappa shape index (κ2) is 8.48. The van der Waals surface area contributed by atoms with Gasteiger partial charge in [0.25, 0.3) is 0 Å². The molecule has 0 unspecified atom stereocenters. The number of nitrogens with zero attached hydrogens (tertiary/aromatic N) is 10. The Kier molecular flexibility index (Phi) is 5.57. The van der Waals surface area contributed by atoms with Crippen molar-refractivity contribution in [2.75, 3.05) is 19.0 Å². The lowest BCUT2D eigenvalue weighted by Gasteiger charge is -2.16. The number of aryl methyl sites for hydroxylation is 2. The van der Waals surface area contributed by atoms with Crippen LogP contribution in [0.4, 0.5) is 27.9 Å². The molecule has 1 N–H and O–H groups in total. The number of pyridine rings is 1. The second-order valence-corrected chi connectivity index (χ2v) is 7.75. The standard InChI is InChI=1S/C20H18N10OS/c1-11-12(10-21)9-13-19(23-11)28-32-20(13)27-24-14-5-6-15(29(2)3)17(18(14)31)26-25-16-7-8-22-30(16)4/h5-9,31H,1-4H3. The van der Waals surface area contributed by atoms with E-state index in [9.17, 15) is 10.4 Å². The number of anilines is 1. The van der Waals surface area contributed by atoms with Gasteiger partial charge in [0.2, 0.25) is 0 Å². The Hall–Kier alpha value is -4.24. The molecule has 0 saturated heterocycles. The quantitative estimate of drug-likeness (QED) is 0.417. The van der Waals surface area contributed by atoms with E-state index in [4.69, 9.17) is 0 Å². The highest BCUT2D eigenvalue weighted by molar-refractivity contribution is 7.11. The zero-order chi connectivity index (χ0) is 22.8. The van der Waals surface area contributed by atoms with Gasteiger partial charge in [0.15, 0.2) is 27.9 Å². The number of hydrogen-bond acceptors (Lipinski definition) is 11. The van der Waals surface area contributed by atoms with E-state index in [0.29, 0.717) is 38.8 Å². The first-order valence-electron chi connectivity index (χ1n) is 9.41. The van der Waals surface area contributed by atoms with Crippen LogP contribution in [0.1, 0.15) is 11.3 Å². The predicted octanol–water partition coefficient (Wildman–Crippen LogP) is 5.21. The fraction of sp³-hybridized carbons (Fsp3) is 0.200. The molecular formula is C20H18N10OS. The number of rotatable bonds is 5. The largest absolute Gasteiger partial charge is 0.504 e. The van der Waals surface area contributed by atoms with Crippen molar-refractivity contribution in [1.29, 1.82) is 5.26 Å². The molecular weight excluding hydrogens is 428 g/mol. The number of aromatic hydroxyl groups is 1. The number of phenols is 1. The van der Waals surface area contributed by atoms with Crippen molar-refractivity contribution in [3.8, 4) is 11.8 Å². The first-order valence-corrected chi connectivity index (χ1v) is 10.2. The molecule has 0 radical (unpaired) electrons. The van der Waals surface area contributed by atoms with E-state index >= 15 is 0 Å². The number of nitriles is 1. The van der Waals surface area contributed by atoms with Crippen molar-refractivity contribution in [3.63, 3.8) is 0 Å². The molecule has 0 aliphatic heterocycles. The molecule has 0 amide bonds. The molecule has 32 heavy (non-hydrogen) atoms. The van der Waals surface area contributed by atoms with Gasteiger partial charge in [0.05, 0.1) is 28.5 Å². The molecule has 0 spiro atoms. The number of hydrogen-bond donors (Lipinski definition) is 1. The van der Waals surface area contributed by atoms with Gasteiger partial charge in [-0.25, -0.2) is 9.67 Å². The number of phenolic OH excluding ortho intramolecular Hbond substituents is 1. The van der Waals surface area contributed by atoms with E-state index in [1.165, 1.54) is 0 Å². The summed E-state index contributed by atoms with van der Waals surface area (Å²) in [6.45, 7) is 1.75. The predicted molar refractivity (Wildman–Crippen MR) is 121 cm³/mol. The number of azo groups is 2. The summed E-state index contributed by atoms with van der Waals surface area (Å²) in [4.78, 5) is 6.14. The van der Waals surface area contributed by atoms with Crippen molar-refractivity contribution >= 4 is 50.4 Å². The molecule has 4 aromatic rings. The van der Waals surface area contributed by atoms with Gasteiger partial charge in [-0.2, -0.15) is 14.7 Å². The van der Waals surface area contributed by atoms with Crippen LogP contribution in [0.5, 0.6) is 5.75 Å². The Morgan fingerprint density at radius 1 is 1.16 bits per heavy atom. The lowest BCUT2D eigenvalue weighted by atomic mass is 10.2. The van der Waals surface area contributed by atoms with Crippen LogP contribution in [0.15, 0.2) is 50.9 Å². The van der Waals surface area contributed by atoms with Crippen LogP contribution in [-0.2, 0) is 7.05 Å². The highest BCUT2D eigenvalue weighted by atomic mass is 32.1. The summed E-state index contributed by atoms with van der Waals surface area (Å²) in [6.07, 6.45) is 1.61. The molecule has 0 saturated carbocycles. The summed E-state index contributed by atoms with van der Waals surface area (Å²) >= 11 is 1.11. The van der Waals surface area contributed by atoms with Gasteiger partial charge in [-0.05, 0) is 36.7 Å². The molecule has 12 heteroatoms. The van der Waals surface area contributed by atoms with Crippen LogP contribution >= 0.6 is 11.5 Å². The Bertz CT molecular complexity index is 1410. The van der Waals surface area contributed by atoms with Crippen molar-refractivity contribution in [2.45, 2.75) is 6.92 Å². The Morgan fingerprint density at radius 2 is 1.97 bits per heavy atom. The minimum absolute atomic E-state index is 0.161.